The van der Waals surface area contributed by atoms with Gasteiger partial charge in [-0.25, -0.2) is 0 Å². The molecule has 86 valence electrons. The first-order valence-electron chi connectivity index (χ1n) is 5.14. The van der Waals surface area contributed by atoms with Crippen LogP contribution in [0.5, 0.6) is 5.75 Å². The van der Waals surface area contributed by atoms with Crippen molar-refractivity contribution in [3.63, 3.8) is 0 Å². The minimum absolute atomic E-state index is 0.283. The maximum atomic E-state index is 9.68. The third-order valence-corrected chi connectivity index (χ3v) is 3.61. The summed E-state index contributed by atoms with van der Waals surface area (Å²) in [5, 5.41) is 22.9. The normalized spacial score (nSPS) is 11.2. The molecule has 6 heteroatoms. The lowest BCUT2D eigenvalue weighted by atomic mass is 10.1. The molecule has 0 fully saturated rings. The molecule has 0 aliphatic heterocycles. The zero-order valence-electron chi connectivity index (χ0n) is 9.38. The van der Waals surface area contributed by atoms with Gasteiger partial charge in [0.05, 0.1) is 0 Å². The lowest BCUT2D eigenvalue weighted by Crippen LogP contribution is -1.89. The minimum Gasteiger partial charge on any atom is -0.508 e. The molecule has 1 aromatic carbocycles. The summed E-state index contributed by atoms with van der Waals surface area (Å²) in [5.74, 6) is 1.05. The molecule has 5 nitrogen and oxygen atoms in total. The predicted octanol–water partition coefficient (Wildman–Crippen LogP) is 2.18. The van der Waals surface area contributed by atoms with Crippen LogP contribution in [-0.2, 0) is 0 Å². The highest BCUT2D eigenvalue weighted by atomic mass is 32.1. The number of hydrogen-bond acceptors (Lipinski definition) is 5. The molecule has 0 unspecified atom stereocenters. The standard InChI is InChI=1S/C11H10N4OS/c1-6-8(4-3-5-9(6)16)10-14-15-7(2)12-13-11(15)17-10/h3-5,16H,1-2H3. The Kier molecular flexibility index (Phi) is 2.12. The Balaban J connectivity index is 2.23. The Hall–Kier alpha value is -1.95. The maximum Gasteiger partial charge on any atom is 0.234 e. The number of phenols is 1. The highest BCUT2D eigenvalue weighted by molar-refractivity contribution is 7.19. The van der Waals surface area contributed by atoms with Gasteiger partial charge in [-0.2, -0.15) is 9.61 Å². The first-order chi connectivity index (χ1) is 8.16. The smallest absolute Gasteiger partial charge is 0.234 e. The monoisotopic (exact) mass is 246 g/mol. The Morgan fingerprint density at radius 3 is 2.82 bits per heavy atom. The Morgan fingerprint density at radius 1 is 1.24 bits per heavy atom. The lowest BCUT2D eigenvalue weighted by Gasteiger charge is -2.02. The van der Waals surface area contributed by atoms with Crippen molar-refractivity contribution in [3.8, 4) is 16.3 Å². The molecule has 17 heavy (non-hydrogen) atoms. The van der Waals surface area contributed by atoms with Gasteiger partial charge >= 0.3 is 0 Å². The van der Waals surface area contributed by atoms with Gasteiger partial charge in [0.1, 0.15) is 10.8 Å². The molecule has 0 atom stereocenters. The van der Waals surface area contributed by atoms with E-state index < -0.39 is 0 Å². The summed E-state index contributed by atoms with van der Waals surface area (Å²) in [6.07, 6.45) is 0. The van der Waals surface area contributed by atoms with Gasteiger partial charge in [0.25, 0.3) is 0 Å². The van der Waals surface area contributed by atoms with Crippen LogP contribution in [0, 0.1) is 13.8 Å². The molecule has 1 N–H and O–H groups in total. The summed E-state index contributed by atoms with van der Waals surface area (Å²) < 4.78 is 1.71. The summed E-state index contributed by atoms with van der Waals surface area (Å²) in [6.45, 7) is 3.73. The summed E-state index contributed by atoms with van der Waals surface area (Å²) in [5.41, 5.74) is 1.76. The maximum absolute atomic E-state index is 9.68. The van der Waals surface area contributed by atoms with Gasteiger partial charge in [-0.3, -0.25) is 0 Å². The fourth-order valence-electron chi connectivity index (χ4n) is 1.68. The van der Waals surface area contributed by atoms with Crippen molar-refractivity contribution in [3.05, 3.63) is 29.6 Å². The molecular weight excluding hydrogens is 236 g/mol. The summed E-state index contributed by atoms with van der Waals surface area (Å²) in [4.78, 5) is 0.764. The van der Waals surface area contributed by atoms with E-state index in [0.29, 0.717) is 0 Å². The zero-order chi connectivity index (χ0) is 12.0. The molecule has 0 amide bonds. The number of aromatic nitrogens is 4. The molecule has 0 saturated carbocycles. The zero-order valence-corrected chi connectivity index (χ0v) is 10.2. The molecule has 3 rings (SSSR count). The number of benzene rings is 1. The molecule has 0 aliphatic carbocycles. The summed E-state index contributed by atoms with van der Waals surface area (Å²) >= 11 is 1.46. The number of hydrogen-bond donors (Lipinski definition) is 1. The Morgan fingerprint density at radius 2 is 2.06 bits per heavy atom. The van der Waals surface area contributed by atoms with Crippen LogP contribution in [0.3, 0.4) is 0 Å². The average molecular weight is 246 g/mol. The molecule has 0 radical (unpaired) electrons. The van der Waals surface area contributed by atoms with E-state index in [-0.39, 0.29) is 5.75 Å². The van der Waals surface area contributed by atoms with Crippen LogP contribution in [0.25, 0.3) is 15.5 Å². The van der Waals surface area contributed by atoms with Crippen molar-refractivity contribution in [2.45, 2.75) is 13.8 Å². The number of nitrogens with zero attached hydrogens (tertiary/aromatic N) is 4. The van der Waals surface area contributed by atoms with Crippen LogP contribution in [-0.4, -0.2) is 24.9 Å². The van der Waals surface area contributed by atoms with Gasteiger partial charge in [0, 0.05) is 11.1 Å². The Labute approximate surface area is 101 Å². The van der Waals surface area contributed by atoms with E-state index in [9.17, 15) is 5.11 Å². The van der Waals surface area contributed by atoms with Gasteiger partial charge < -0.3 is 5.11 Å². The number of fused-ring (bicyclic) bond motifs is 1. The van der Waals surface area contributed by atoms with Crippen LogP contribution in [0.1, 0.15) is 11.4 Å². The van der Waals surface area contributed by atoms with Gasteiger partial charge in [0.2, 0.25) is 4.96 Å². The number of rotatable bonds is 1. The minimum atomic E-state index is 0.283. The third-order valence-electron chi connectivity index (χ3n) is 2.68. The van der Waals surface area contributed by atoms with Crippen molar-refractivity contribution in [1.82, 2.24) is 19.8 Å². The molecule has 0 spiro atoms. The second-order valence-electron chi connectivity index (χ2n) is 3.80. The molecule has 2 aromatic heterocycles. The van der Waals surface area contributed by atoms with Crippen LogP contribution in [0.2, 0.25) is 0 Å². The highest BCUT2D eigenvalue weighted by Gasteiger charge is 2.13. The second-order valence-corrected chi connectivity index (χ2v) is 4.75. The Bertz CT molecular complexity index is 701. The van der Waals surface area contributed by atoms with Gasteiger partial charge in [0.15, 0.2) is 5.82 Å². The van der Waals surface area contributed by atoms with Crippen molar-refractivity contribution in [1.29, 1.82) is 0 Å². The third kappa shape index (κ3) is 1.49. The van der Waals surface area contributed by atoms with Crippen LogP contribution in [0.15, 0.2) is 18.2 Å². The van der Waals surface area contributed by atoms with Crippen LogP contribution >= 0.6 is 11.3 Å². The van der Waals surface area contributed by atoms with Gasteiger partial charge in [-0.15, -0.1) is 10.2 Å². The molecule has 0 bridgehead atoms. The molecule has 0 aliphatic rings. The molecular formula is C11H10N4OS. The SMILES string of the molecule is Cc1c(O)cccc1-c1nn2c(C)nnc2s1. The van der Waals surface area contributed by atoms with E-state index in [1.165, 1.54) is 11.3 Å². The van der Waals surface area contributed by atoms with Gasteiger partial charge in [-0.1, -0.05) is 23.5 Å². The molecule has 3 aromatic rings. The molecule has 0 saturated heterocycles. The second kappa shape index (κ2) is 3.53. The van der Waals surface area contributed by atoms with Gasteiger partial charge in [-0.05, 0) is 19.9 Å². The average Bonchev–Trinajstić information content (AvgIpc) is 2.85. The molecule has 2 heterocycles. The van der Waals surface area contributed by atoms with Crippen molar-refractivity contribution >= 4 is 16.3 Å². The number of aromatic hydroxyl groups is 1. The van der Waals surface area contributed by atoms with E-state index in [1.807, 2.05) is 26.0 Å². The van der Waals surface area contributed by atoms with E-state index in [0.717, 1.165) is 26.9 Å². The van der Waals surface area contributed by atoms with Crippen molar-refractivity contribution < 1.29 is 5.11 Å². The predicted molar refractivity (Wildman–Crippen MR) is 65.2 cm³/mol. The highest BCUT2D eigenvalue weighted by Crippen LogP contribution is 2.31. The van der Waals surface area contributed by atoms with Crippen molar-refractivity contribution in [2.75, 3.05) is 0 Å². The van der Waals surface area contributed by atoms with E-state index in [4.69, 9.17) is 0 Å². The lowest BCUT2D eigenvalue weighted by molar-refractivity contribution is 0.471. The fourth-order valence-corrected chi connectivity index (χ4v) is 2.65. The van der Waals surface area contributed by atoms with E-state index in [1.54, 1.807) is 10.6 Å². The summed E-state index contributed by atoms with van der Waals surface area (Å²) in [6, 6.07) is 5.42. The first kappa shape index (κ1) is 10.2. The summed E-state index contributed by atoms with van der Waals surface area (Å²) in [7, 11) is 0. The van der Waals surface area contributed by atoms with E-state index >= 15 is 0 Å². The fraction of sp³-hybridized carbons (Fsp3) is 0.182. The topological polar surface area (TPSA) is 63.3 Å². The van der Waals surface area contributed by atoms with Crippen LogP contribution < -0.4 is 0 Å². The number of phenolic OH excluding ortho intramolecular Hbond substituents is 1. The van der Waals surface area contributed by atoms with E-state index in [2.05, 4.69) is 15.3 Å². The quantitative estimate of drug-likeness (QED) is 0.714. The first-order valence-corrected chi connectivity index (χ1v) is 5.96. The van der Waals surface area contributed by atoms with Crippen molar-refractivity contribution in [2.24, 2.45) is 0 Å². The number of aryl methyl sites for hydroxylation is 1. The van der Waals surface area contributed by atoms with Crippen LogP contribution in [0.4, 0.5) is 0 Å². The largest absolute Gasteiger partial charge is 0.508 e.